The van der Waals surface area contributed by atoms with Gasteiger partial charge in [-0.05, 0) is 45.7 Å². The summed E-state index contributed by atoms with van der Waals surface area (Å²) in [6.07, 6.45) is 8.29. The molecule has 2 rings (SSSR count). The van der Waals surface area contributed by atoms with Gasteiger partial charge in [0.1, 0.15) is 6.26 Å². The molecule has 21 heavy (non-hydrogen) atoms. The molecule has 1 aliphatic rings. The van der Waals surface area contributed by atoms with E-state index in [1.807, 2.05) is 6.92 Å². The van der Waals surface area contributed by atoms with E-state index in [0.717, 1.165) is 25.4 Å². The number of amides is 1. The Morgan fingerprint density at radius 3 is 3.05 bits per heavy atom. The zero-order chi connectivity index (χ0) is 15.1. The fourth-order valence-corrected chi connectivity index (χ4v) is 2.80. The van der Waals surface area contributed by atoms with Gasteiger partial charge in [-0.2, -0.15) is 0 Å². The van der Waals surface area contributed by atoms with Gasteiger partial charge in [0, 0.05) is 19.0 Å². The second-order valence-corrected chi connectivity index (χ2v) is 5.82. The molecule has 0 unspecified atom stereocenters. The predicted octanol–water partition coefficient (Wildman–Crippen LogP) is 2.62. The molecule has 1 fully saturated rings. The molecular weight excluding hydrogens is 266 g/mol. The Labute approximate surface area is 127 Å². The molecule has 5 nitrogen and oxygen atoms in total. The number of carbonyl (C=O) groups is 1. The normalized spacial score (nSPS) is 19.6. The highest BCUT2D eigenvalue weighted by atomic mass is 16.3. The molecule has 1 aliphatic heterocycles. The Hall–Kier alpha value is -1.36. The van der Waals surface area contributed by atoms with Crippen LogP contribution in [0, 0.1) is 0 Å². The first kappa shape index (κ1) is 16.0. The number of rotatable bonds is 7. The van der Waals surface area contributed by atoms with Gasteiger partial charge in [0.25, 0.3) is 5.91 Å². The first-order chi connectivity index (χ1) is 10.2. The van der Waals surface area contributed by atoms with Crippen LogP contribution in [0.1, 0.15) is 62.3 Å². The lowest BCUT2D eigenvalue weighted by atomic mass is 10.0. The van der Waals surface area contributed by atoms with E-state index in [-0.39, 0.29) is 5.91 Å². The van der Waals surface area contributed by atoms with Gasteiger partial charge in [0.15, 0.2) is 11.6 Å². The number of aromatic nitrogens is 1. The van der Waals surface area contributed by atoms with Crippen LogP contribution in [0.3, 0.4) is 0 Å². The van der Waals surface area contributed by atoms with Crippen LogP contribution in [0.5, 0.6) is 0 Å². The molecule has 1 aromatic rings. The highest BCUT2D eigenvalue weighted by Gasteiger charge is 2.17. The van der Waals surface area contributed by atoms with Crippen LogP contribution in [0.4, 0.5) is 0 Å². The maximum atomic E-state index is 11.8. The van der Waals surface area contributed by atoms with Crippen LogP contribution < -0.4 is 5.32 Å². The molecule has 1 N–H and O–H groups in total. The first-order valence-corrected chi connectivity index (χ1v) is 8.17. The predicted molar refractivity (Wildman–Crippen MR) is 82.3 cm³/mol. The van der Waals surface area contributed by atoms with Crippen LogP contribution in [0.2, 0.25) is 0 Å². The van der Waals surface area contributed by atoms with Gasteiger partial charge in [-0.25, -0.2) is 4.98 Å². The van der Waals surface area contributed by atoms with Crippen molar-refractivity contribution in [1.29, 1.82) is 0 Å². The second-order valence-electron chi connectivity index (χ2n) is 5.82. The molecule has 1 atom stereocenters. The molecule has 0 spiro atoms. The first-order valence-electron chi connectivity index (χ1n) is 8.17. The van der Waals surface area contributed by atoms with E-state index in [4.69, 9.17) is 4.42 Å². The minimum atomic E-state index is -0.134. The summed E-state index contributed by atoms with van der Waals surface area (Å²) in [6, 6.07) is 0.718. The minimum Gasteiger partial charge on any atom is -0.448 e. The Morgan fingerprint density at radius 1 is 1.48 bits per heavy atom. The smallest absolute Gasteiger partial charge is 0.273 e. The number of hydrogen-bond acceptors (Lipinski definition) is 4. The third kappa shape index (κ3) is 4.84. The van der Waals surface area contributed by atoms with Crippen LogP contribution >= 0.6 is 0 Å². The van der Waals surface area contributed by atoms with Crippen molar-refractivity contribution in [3.63, 3.8) is 0 Å². The summed E-state index contributed by atoms with van der Waals surface area (Å²) >= 11 is 0. The van der Waals surface area contributed by atoms with Crippen molar-refractivity contribution in [2.75, 3.05) is 19.6 Å². The standard InChI is InChI=1S/C16H27N3O2/c1-3-15-18-14(12-21-15)16(20)17-9-5-7-11-19-10-6-4-8-13(19)2/h12-13H,3-11H2,1-2H3,(H,17,20)/t13-/m0/s1. The summed E-state index contributed by atoms with van der Waals surface area (Å²) in [6.45, 7) is 7.34. The number of likely N-dealkylation sites (tertiary alicyclic amines) is 1. The number of unbranched alkanes of at least 4 members (excludes halogenated alkanes) is 1. The summed E-state index contributed by atoms with van der Waals surface area (Å²) in [4.78, 5) is 18.5. The fraction of sp³-hybridized carbons (Fsp3) is 0.750. The molecule has 2 heterocycles. The van der Waals surface area contributed by atoms with Crippen molar-refractivity contribution in [3.05, 3.63) is 17.8 Å². The van der Waals surface area contributed by atoms with Crippen molar-refractivity contribution >= 4 is 5.91 Å². The van der Waals surface area contributed by atoms with E-state index in [0.29, 0.717) is 24.6 Å². The third-order valence-corrected chi connectivity index (χ3v) is 4.19. The Morgan fingerprint density at radius 2 is 2.33 bits per heavy atom. The molecule has 118 valence electrons. The third-order valence-electron chi connectivity index (χ3n) is 4.19. The summed E-state index contributed by atoms with van der Waals surface area (Å²) in [5.41, 5.74) is 0.386. The van der Waals surface area contributed by atoms with Crippen LogP contribution in [0.15, 0.2) is 10.7 Å². The molecule has 5 heteroatoms. The number of hydrogen-bond donors (Lipinski definition) is 1. The summed E-state index contributed by atoms with van der Waals surface area (Å²) in [5, 5.41) is 2.91. The van der Waals surface area contributed by atoms with Crippen molar-refractivity contribution in [1.82, 2.24) is 15.2 Å². The van der Waals surface area contributed by atoms with Crippen molar-refractivity contribution < 1.29 is 9.21 Å². The zero-order valence-electron chi connectivity index (χ0n) is 13.2. The number of oxazole rings is 1. The average molecular weight is 293 g/mol. The molecule has 1 aromatic heterocycles. The van der Waals surface area contributed by atoms with Gasteiger partial charge < -0.3 is 14.6 Å². The topological polar surface area (TPSA) is 58.4 Å². The summed E-state index contributed by atoms with van der Waals surface area (Å²) in [5.74, 6) is 0.476. The van der Waals surface area contributed by atoms with Crippen LogP contribution in [0.25, 0.3) is 0 Å². The largest absolute Gasteiger partial charge is 0.448 e. The van der Waals surface area contributed by atoms with Gasteiger partial charge >= 0.3 is 0 Å². The quantitative estimate of drug-likeness (QED) is 0.785. The second kappa shape index (κ2) is 8.17. The zero-order valence-corrected chi connectivity index (χ0v) is 13.2. The van der Waals surface area contributed by atoms with E-state index >= 15 is 0 Å². The van der Waals surface area contributed by atoms with Gasteiger partial charge in [-0.15, -0.1) is 0 Å². The molecule has 0 radical (unpaired) electrons. The van der Waals surface area contributed by atoms with E-state index in [1.165, 1.54) is 32.1 Å². The lowest BCUT2D eigenvalue weighted by Crippen LogP contribution is -2.38. The number of aryl methyl sites for hydroxylation is 1. The van der Waals surface area contributed by atoms with E-state index in [2.05, 4.69) is 22.1 Å². The van der Waals surface area contributed by atoms with Crippen molar-refractivity contribution in [3.8, 4) is 0 Å². The summed E-state index contributed by atoms with van der Waals surface area (Å²) in [7, 11) is 0. The number of nitrogens with zero attached hydrogens (tertiary/aromatic N) is 2. The van der Waals surface area contributed by atoms with E-state index in [9.17, 15) is 4.79 Å². The Kier molecular flexibility index (Phi) is 6.23. The minimum absolute atomic E-state index is 0.134. The number of carbonyl (C=O) groups excluding carboxylic acids is 1. The Balaban J connectivity index is 1.60. The molecular formula is C16H27N3O2. The molecule has 1 amide bonds. The van der Waals surface area contributed by atoms with E-state index in [1.54, 1.807) is 0 Å². The van der Waals surface area contributed by atoms with Crippen molar-refractivity contribution in [2.24, 2.45) is 0 Å². The van der Waals surface area contributed by atoms with Gasteiger partial charge in [0.05, 0.1) is 0 Å². The monoisotopic (exact) mass is 293 g/mol. The number of nitrogens with one attached hydrogen (secondary N) is 1. The molecule has 0 aromatic carbocycles. The Bertz CT molecular complexity index is 444. The average Bonchev–Trinajstić information content (AvgIpc) is 2.97. The van der Waals surface area contributed by atoms with Crippen LogP contribution in [-0.2, 0) is 6.42 Å². The lowest BCUT2D eigenvalue weighted by molar-refractivity contribution is 0.0946. The summed E-state index contributed by atoms with van der Waals surface area (Å²) < 4.78 is 5.17. The van der Waals surface area contributed by atoms with Crippen molar-refractivity contribution in [2.45, 2.75) is 58.4 Å². The van der Waals surface area contributed by atoms with Gasteiger partial charge in [-0.3, -0.25) is 4.79 Å². The van der Waals surface area contributed by atoms with Gasteiger partial charge in [-0.1, -0.05) is 13.3 Å². The lowest BCUT2D eigenvalue weighted by Gasteiger charge is -2.33. The van der Waals surface area contributed by atoms with E-state index < -0.39 is 0 Å². The maximum Gasteiger partial charge on any atom is 0.273 e. The number of piperidine rings is 1. The SMILES string of the molecule is CCc1nc(C(=O)NCCCCN2CCCC[C@@H]2C)co1. The van der Waals surface area contributed by atoms with Crippen LogP contribution in [-0.4, -0.2) is 41.5 Å². The fourth-order valence-electron chi connectivity index (χ4n) is 2.80. The highest BCUT2D eigenvalue weighted by Crippen LogP contribution is 2.16. The highest BCUT2D eigenvalue weighted by molar-refractivity contribution is 5.91. The maximum absolute atomic E-state index is 11.8. The molecule has 1 saturated heterocycles. The molecule has 0 bridgehead atoms. The molecule has 0 aliphatic carbocycles. The molecule has 0 saturated carbocycles. The van der Waals surface area contributed by atoms with Gasteiger partial charge in [0.2, 0.25) is 0 Å².